The number of aromatic nitrogens is 6. The first-order valence-electron chi connectivity index (χ1n) is 20.4. The fourth-order valence-corrected chi connectivity index (χ4v) is 8.79. The van der Waals surface area contributed by atoms with Gasteiger partial charge in [0.25, 0.3) is 20.2 Å². The Bertz CT molecular complexity index is 3580. The van der Waals surface area contributed by atoms with Crippen LogP contribution in [0.3, 0.4) is 0 Å². The van der Waals surface area contributed by atoms with Crippen LogP contribution in [0.1, 0.15) is 11.1 Å². The minimum absolute atomic E-state index is 0. The fourth-order valence-electron chi connectivity index (χ4n) is 6.44. The molecule has 0 aliphatic heterocycles. The minimum atomic E-state index is -5.22. The van der Waals surface area contributed by atoms with Gasteiger partial charge in [-0.1, -0.05) is 60.7 Å². The first-order valence-corrected chi connectivity index (χ1v) is 26.1. The van der Waals surface area contributed by atoms with Crippen LogP contribution in [-0.4, -0.2) is 81.8 Å². The van der Waals surface area contributed by atoms with E-state index in [9.17, 15) is 51.9 Å². The van der Waals surface area contributed by atoms with Crippen LogP contribution < -0.4 is 150 Å². The molecule has 6 aromatic carbocycles. The van der Waals surface area contributed by atoms with Crippen LogP contribution in [0.4, 0.5) is 69.8 Å². The second kappa shape index (κ2) is 27.4. The third kappa shape index (κ3) is 18.0. The van der Waals surface area contributed by atoms with Crippen LogP contribution in [0.2, 0.25) is 0 Å². The molecule has 8 N–H and O–H groups in total. The summed E-state index contributed by atoms with van der Waals surface area (Å²) in [5, 5.41) is 17.5. The zero-order chi connectivity index (χ0) is 51.3. The van der Waals surface area contributed by atoms with Gasteiger partial charge in [0, 0.05) is 34.1 Å². The third-order valence-corrected chi connectivity index (χ3v) is 13.2. The van der Waals surface area contributed by atoms with Crippen molar-refractivity contribution in [2.24, 2.45) is 0 Å². The molecular formula is C44H34N12Na4O12S4+2. The molecule has 0 radical (unpaired) electrons. The summed E-state index contributed by atoms with van der Waals surface area (Å²) in [6.07, 6.45) is 2.31. The number of nitrogens with zero attached hydrogens (tertiary/aromatic N) is 6. The van der Waals surface area contributed by atoms with E-state index in [4.69, 9.17) is 0 Å². The van der Waals surface area contributed by atoms with Gasteiger partial charge in [0.1, 0.15) is 25.1 Å². The molecule has 0 bridgehead atoms. The van der Waals surface area contributed by atoms with E-state index in [1.807, 2.05) is 0 Å². The van der Waals surface area contributed by atoms with Crippen LogP contribution in [0.5, 0.6) is 0 Å². The summed E-state index contributed by atoms with van der Waals surface area (Å²) in [6.45, 7) is 0. The standard InChI is InChI=1S/C44H36N12O12S4.4Na/c57-69(58,59)35-21-17-31(18-22-35)47-41-51-39(45-29-7-3-1-4-8-29)53-43(55-41)49-33-15-13-27(37(25-33)71(63,64)65)11-12-28-14-16-34(26-38(28)72(66,67)68)50-44-54-40(46-30-9-5-2-6-10-30)52-42(56-44)48-32-19-23-36(24-20-32)70(60,61)62;;;;/h1-26H,(H,57,58,59)(H,60,61,62)(H,63,64,65)(H,66,67,68)(H3,45,47,49,51,53,55)(H3,46,48,50,52,54,56);;;;/q;4*+1/p-2/b12-11+;;;;. The van der Waals surface area contributed by atoms with Crippen molar-refractivity contribution >= 4 is 122 Å². The molecule has 0 spiro atoms. The molecule has 32 heteroatoms. The summed E-state index contributed by atoms with van der Waals surface area (Å²) < 4.78 is 141. The fraction of sp³-hybridized carbons (Fsp3) is 0. The normalized spacial score (nSPS) is 11.4. The van der Waals surface area contributed by atoms with Crippen molar-refractivity contribution < 1.29 is 170 Å². The molecule has 8 aromatic rings. The minimum Gasteiger partial charge on any atom is -0.744 e. The van der Waals surface area contributed by atoms with Gasteiger partial charge in [0.15, 0.2) is 0 Å². The first-order chi connectivity index (χ1) is 34.1. The maximum Gasteiger partial charge on any atom is 1.00 e. The van der Waals surface area contributed by atoms with Gasteiger partial charge >= 0.3 is 118 Å². The van der Waals surface area contributed by atoms with Gasteiger partial charge in [0.2, 0.25) is 35.7 Å². The molecule has 0 saturated carbocycles. The Labute approximate surface area is 524 Å². The Morgan fingerprint density at radius 3 is 0.947 bits per heavy atom. The predicted octanol–water partition coefficient (Wildman–Crippen LogP) is -4.99. The zero-order valence-electron chi connectivity index (χ0n) is 40.3. The average Bonchev–Trinajstić information content (AvgIpc) is 3.31. The number of hydrogen-bond donors (Lipinski definition) is 8. The topological polar surface area (TPSA) is 373 Å². The average molecular weight is 1140 g/mol. The molecule has 76 heavy (non-hydrogen) atoms. The monoisotopic (exact) mass is 1140 g/mol. The molecule has 24 nitrogen and oxygen atoms in total. The maximum absolute atomic E-state index is 12.8. The van der Waals surface area contributed by atoms with Crippen molar-refractivity contribution in [3.8, 4) is 0 Å². The van der Waals surface area contributed by atoms with Crippen molar-refractivity contribution in [2.75, 3.05) is 31.9 Å². The van der Waals surface area contributed by atoms with E-state index < -0.39 is 55.2 Å². The number of nitrogens with one attached hydrogen (secondary N) is 6. The van der Waals surface area contributed by atoms with E-state index >= 15 is 0 Å². The van der Waals surface area contributed by atoms with Gasteiger partial charge in [-0.25, -0.2) is 16.8 Å². The molecule has 2 aromatic heterocycles. The van der Waals surface area contributed by atoms with Gasteiger partial charge in [-0.3, -0.25) is 9.11 Å². The Balaban J connectivity index is 0.00000312. The second-order valence-corrected chi connectivity index (χ2v) is 20.4. The maximum atomic E-state index is 12.8. The number of anilines is 12. The number of benzene rings is 6. The van der Waals surface area contributed by atoms with Gasteiger partial charge in [-0.2, -0.15) is 46.7 Å². The summed E-state index contributed by atoms with van der Waals surface area (Å²) in [7, 11) is -19.4. The van der Waals surface area contributed by atoms with E-state index in [1.54, 1.807) is 60.7 Å². The Kier molecular flexibility index (Phi) is 23.1. The van der Waals surface area contributed by atoms with Crippen LogP contribution in [0.15, 0.2) is 165 Å². The summed E-state index contributed by atoms with van der Waals surface area (Å²) in [6, 6.07) is 34.7. The van der Waals surface area contributed by atoms with E-state index in [2.05, 4.69) is 61.8 Å². The molecule has 0 unspecified atom stereocenters. The molecule has 0 fully saturated rings. The molecule has 2 heterocycles. The molecule has 368 valence electrons. The number of para-hydroxylation sites is 2. The van der Waals surface area contributed by atoms with Crippen molar-refractivity contribution in [1.29, 1.82) is 0 Å². The van der Waals surface area contributed by atoms with Crippen LogP contribution in [0.25, 0.3) is 12.2 Å². The molecule has 0 atom stereocenters. The largest absolute Gasteiger partial charge is 1.00 e. The Hall–Kier alpha value is -4.48. The molecule has 0 aliphatic rings. The van der Waals surface area contributed by atoms with Gasteiger partial charge < -0.3 is 41.0 Å². The van der Waals surface area contributed by atoms with Gasteiger partial charge in [-0.05, 0) is 108 Å². The smallest absolute Gasteiger partial charge is 0.744 e. The van der Waals surface area contributed by atoms with Crippen molar-refractivity contribution in [3.05, 3.63) is 157 Å². The van der Waals surface area contributed by atoms with Crippen LogP contribution >= 0.6 is 0 Å². The summed E-state index contributed by atoms with van der Waals surface area (Å²) >= 11 is 0. The van der Waals surface area contributed by atoms with Crippen molar-refractivity contribution in [2.45, 2.75) is 19.6 Å². The van der Waals surface area contributed by atoms with Crippen molar-refractivity contribution in [1.82, 2.24) is 29.9 Å². The molecule has 0 saturated heterocycles. The SMILES string of the molecule is O=S(=O)([O-])c1ccc(Nc2nc(Nc3ccccc3)nc(Nc3ccc(/C=C/c4ccc(Nc5nc(Nc6ccccc6)nc(Nc6ccc(S(=O)(=O)O)cc6)n5)cc4S(=O)(=O)O)c(S(=O)(=O)[O-])c3)n2)cc1.[Na+].[Na+].[Na+].[Na+]. The number of hydrogen-bond acceptors (Lipinski definition) is 22. The van der Waals surface area contributed by atoms with E-state index in [-0.39, 0.29) is 187 Å². The number of rotatable bonds is 18. The van der Waals surface area contributed by atoms with E-state index in [0.29, 0.717) is 17.1 Å². The molecule has 0 amide bonds. The Morgan fingerprint density at radius 1 is 0.342 bits per heavy atom. The zero-order valence-corrected chi connectivity index (χ0v) is 51.6. The third-order valence-electron chi connectivity index (χ3n) is 9.67. The first kappa shape index (κ1) is 64.0. The van der Waals surface area contributed by atoms with E-state index in [1.165, 1.54) is 48.5 Å². The second-order valence-electron chi connectivity index (χ2n) is 14.8. The van der Waals surface area contributed by atoms with Crippen LogP contribution in [0, 0.1) is 0 Å². The predicted molar refractivity (Wildman–Crippen MR) is 262 cm³/mol. The summed E-state index contributed by atoms with van der Waals surface area (Å²) in [5.74, 6) is -0.430. The summed E-state index contributed by atoms with van der Waals surface area (Å²) in [4.78, 5) is 23.8. The van der Waals surface area contributed by atoms with Gasteiger partial charge in [-0.15, -0.1) is 0 Å². The molecule has 0 aliphatic carbocycles. The molecular weight excluding hydrogens is 1110 g/mol. The van der Waals surface area contributed by atoms with Crippen molar-refractivity contribution in [3.63, 3.8) is 0 Å². The van der Waals surface area contributed by atoms with Gasteiger partial charge in [0.05, 0.1) is 14.7 Å². The quantitative estimate of drug-likeness (QED) is 0.0227. The summed E-state index contributed by atoms with van der Waals surface area (Å²) in [5.41, 5.74) is 1.51. The van der Waals surface area contributed by atoms with E-state index in [0.717, 1.165) is 48.6 Å². The molecule has 8 rings (SSSR count). The Morgan fingerprint density at radius 2 is 0.632 bits per heavy atom. The van der Waals surface area contributed by atoms with Crippen LogP contribution in [-0.2, 0) is 40.5 Å².